The number of aromatic nitrogens is 3. The van der Waals surface area contributed by atoms with E-state index >= 15 is 0 Å². The summed E-state index contributed by atoms with van der Waals surface area (Å²) >= 11 is 0. The van der Waals surface area contributed by atoms with E-state index in [1.165, 1.54) is 33.1 Å². The van der Waals surface area contributed by atoms with Crippen molar-refractivity contribution in [1.29, 1.82) is 0 Å². The Labute approximate surface area is 245 Å². The number of carbonyl (C=O) groups is 1. The Morgan fingerprint density at radius 2 is 1.98 bits per heavy atom. The number of pyridine rings is 1. The fraction of sp³-hybridized carbons (Fsp3) is 0.364. The zero-order valence-electron chi connectivity index (χ0n) is 24.3. The molecule has 42 heavy (non-hydrogen) atoms. The van der Waals surface area contributed by atoms with Crippen molar-refractivity contribution in [1.82, 2.24) is 19.7 Å². The molecule has 2 aromatic heterocycles. The second-order valence-electron chi connectivity index (χ2n) is 10.9. The highest BCUT2D eigenvalue weighted by atomic mass is 16.5. The molecule has 0 spiro atoms. The van der Waals surface area contributed by atoms with Gasteiger partial charge in [0.2, 0.25) is 5.88 Å². The van der Waals surface area contributed by atoms with Crippen LogP contribution in [0.4, 0.5) is 0 Å². The van der Waals surface area contributed by atoms with Crippen molar-refractivity contribution in [3.05, 3.63) is 88.1 Å². The summed E-state index contributed by atoms with van der Waals surface area (Å²) in [6.07, 6.45) is 3.44. The van der Waals surface area contributed by atoms with Gasteiger partial charge in [0.1, 0.15) is 17.9 Å². The molecule has 1 atom stereocenters. The van der Waals surface area contributed by atoms with Crippen molar-refractivity contribution < 1.29 is 24.1 Å². The molecule has 0 aliphatic carbocycles. The monoisotopic (exact) mass is 568 g/mol. The maximum Gasteiger partial charge on any atom is 0.342 e. The molecular weight excluding hydrogens is 532 g/mol. The summed E-state index contributed by atoms with van der Waals surface area (Å²) in [4.78, 5) is 19.1. The number of para-hydroxylation sites is 1. The molecule has 0 radical (unpaired) electrons. The SMILES string of the molecule is CCOc1c(C(=O)O)cnn1-c1cccc(-c2cccc(C)c2OCc2ccc3c(c2C)CCN(C2CCOC2)C3)n1. The Morgan fingerprint density at radius 1 is 1.12 bits per heavy atom. The van der Waals surface area contributed by atoms with Crippen molar-refractivity contribution in [3.8, 4) is 28.7 Å². The molecular formula is C33H36N4O5. The summed E-state index contributed by atoms with van der Waals surface area (Å²) in [5.41, 5.74) is 7.88. The van der Waals surface area contributed by atoms with Gasteiger partial charge in [-0.3, -0.25) is 4.90 Å². The van der Waals surface area contributed by atoms with Crippen LogP contribution in [0.25, 0.3) is 17.1 Å². The molecule has 0 bridgehead atoms. The van der Waals surface area contributed by atoms with Crippen LogP contribution in [-0.2, 0) is 24.3 Å². The van der Waals surface area contributed by atoms with Gasteiger partial charge in [0, 0.05) is 31.3 Å². The van der Waals surface area contributed by atoms with Crippen LogP contribution in [0.5, 0.6) is 11.6 Å². The van der Waals surface area contributed by atoms with Gasteiger partial charge in [-0.2, -0.15) is 9.78 Å². The van der Waals surface area contributed by atoms with Crippen LogP contribution in [0.3, 0.4) is 0 Å². The van der Waals surface area contributed by atoms with E-state index in [1.807, 2.05) is 37.3 Å². The minimum Gasteiger partial charge on any atom is -0.488 e. The molecule has 6 rings (SSSR count). The van der Waals surface area contributed by atoms with E-state index in [0.717, 1.165) is 56.0 Å². The van der Waals surface area contributed by atoms with Crippen LogP contribution >= 0.6 is 0 Å². The van der Waals surface area contributed by atoms with Gasteiger partial charge in [-0.05, 0) is 79.6 Å². The van der Waals surface area contributed by atoms with E-state index in [4.69, 9.17) is 19.2 Å². The maximum atomic E-state index is 11.7. The lowest BCUT2D eigenvalue weighted by Gasteiger charge is -2.34. The molecule has 0 amide bonds. The van der Waals surface area contributed by atoms with E-state index in [9.17, 15) is 9.90 Å². The summed E-state index contributed by atoms with van der Waals surface area (Å²) in [6, 6.07) is 16.6. The van der Waals surface area contributed by atoms with E-state index in [-0.39, 0.29) is 11.4 Å². The smallest absolute Gasteiger partial charge is 0.342 e. The number of aryl methyl sites for hydroxylation is 1. The number of carboxylic acids is 1. The third-order valence-corrected chi connectivity index (χ3v) is 8.30. The van der Waals surface area contributed by atoms with Crippen molar-refractivity contribution in [2.45, 2.75) is 52.8 Å². The highest BCUT2D eigenvalue weighted by Gasteiger charge is 2.28. The zero-order chi connectivity index (χ0) is 29.2. The number of hydrogen-bond donors (Lipinski definition) is 1. The molecule has 1 saturated heterocycles. The number of carboxylic acid groups (broad SMARTS) is 1. The third kappa shape index (κ3) is 5.37. The predicted octanol–water partition coefficient (Wildman–Crippen LogP) is 5.37. The molecule has 218 valence electrons. The van der Waals surface area contributed by atoms with E-state index in [2.05, 4.69) is 29.1 Å². The Hall–Kier alpha value is -4.21. The molecule has 1 unspecified atom stereocenters. The molecule has 0 saturated carbocycles. The summed E-state index contributed by atoms with van der Waals surface area (Å²) in [5, 5.41) is 13.8. The Morgan fingerprint density at radius 3 is 2.76 bits per heavy atom. The van der Waals surface area contributed by atoms with Crippen molar-refractivity contribution in [3.63, 3.8) is 0 Å². The summed E-state index contributed by atoms with van der Waals surface area (Å²) in [5.74, 6) is 0.273. The van der Waals surface area contributed by atoms with Gasteiger partial charge in [0.25, 0.3) is 0 Å². The normalized spacial score (nSPS) is 16.8. The molecule has 9 heteroatoms. The average molecular weight is 569 g/mol. The minimum atomic E-state index is -1.10. The van der Waals surface area contributed by atoms with E-state index < -0.39 is 5.97 Å². The summed E-state index contributed by atoms with van der Waals surface area (Å²) in [6.45, 7) is 10.5. The average Bonchev–Trinajstić information content (AvgIpc) is 3.69. The van der Waals surface area contributed by atoms with Gasteiger partial charge in [0.15, 0.2) is 5.82 Å². The quantitative estimate of drug-likeness (QED) is 0.288. The number of ether oxygens (including phenoxy) is 3. The van der Waals surface area contributed by atoms with Gasteiger partial charge in [-0.1, -0.05) is 30.3 Å². The van der Waals surface area contributed by atoms with Crippen molar-refractivity contribution in [2.24, 2.45) is 0 Å². The standard InChI is InChI=1S/C33H36N4O5/c1-4-41-32-28(33(38)39)17-34-37(32)30-10-6-9-29(35-30)27-8-5-7-21(2)31(27)42-19-24-12-11-23-18-36(25-14-16-40-20-25)15-13-26(23)22(24)3/h5-12,17,25H,4,13-16,18-20H2,1-3H3,(H,38,39). The minimum absolute atomic E-state index is 0.00990. The zero-order valence-corrected chi connectivity index (χ0v) is 24.3. The van der Waals surface area contributed by atoms with E-state index in [1.54, 1.807) is 13.0 Å². The Balaban J connectivity index is 1.25. The number of fused-ring (bicyclic) bond motifs is 1. The van der Waals surface area contributed by atoms with Gasteiger partial charge in [-0.15, -0.1) is 0 Å². The fourth-order valence-corrected chi connectivity index (χ4v) is 6.00. The molecule has 4 aromatic rings. The largest absolute Gasteiger partial charge is 0.488 e. The predicted molar refractivity (Wildman–Crippen MR) is 159 cm³/mol. The first-order chi connectivity index (χ1) is 20.4. The first-order valence-electron chi connectivity index (χ1n) is 14.5. The van der Waals surface area contributed by atoms with Gasteiger partial charge >= 0.3 is 5.97 Å². The fourth-order valence-electron chi connectivity index (χ4n) is 6.00. The van der Waals surface area contributed by atoms with Crippen molar-refractivity contribution >= 4 is 5.97 Å². The number of aromatic carboxylic acids is 1. The molecule has 2 aromatic carbocycles. The van der Waals surface area contributed by atoms with Crippen molar-refractivity contribution in [2.75, 3.05) is 26.4 Å². The van der Waals surface area contributed by atoms with Gasteiger partial charge < -0.3 is 19.3 Å². The maximum absolute atomic E-state index is 11.7. The summed E-state index contributed by atoms with van der Waals surface area (Å²) in [7, 11) is 0. The highest BCUT2D eigenvalue weighted by molar-refractivity contribution is 5.90. The number of rotatable bonds is 9. The first-order valence-corrected chi connectivity index (χ1v) is 14.5. The molecule has 2 aliphatic rings. The van der Waals surface area contributed by atoms with Crippen LogP contribution in [0.15, 0.2) is 54.7 Å². The van der Waals surface area contributed by atoms with Crippen LogP contribution in [0, 0.1) is 13.8 Å². The molecule has 9 nitrogen and oxygen atoms in total. The highest BCUT2D eigenvalue weighted by Crippen LogP contribution is 2.35. The number of nitrogens with zero attached hydrogens (tertiary/aromatic N) is 4. The van der Waals surface area contributed by atoms with Gasteiger partial charge in [-0.25, -0.2) is 9.78 Å². The first kappa shape index (κ1) is 27.9. The molecule has 4 heterocycles. The topological polar surface area (TPSA) is 98.9 Å². The lowest BCUT2D eigenvalue weighted by Crippen LogP contribution is -2.39. The lowest BCUT2D eigenvalue weighted by molar-refractivity contribution is 0.0692. The Bertz CT molecular complexity index is 1610. The lowest BCUT2D eigenvalue weighted by atomic mass is 9.91. The van der Waals surface area contributed by atoms with Crippen LogP contribution < -0.4 is 9.47 Å². The van der Waals surface area contributed by atoms with Crippen LogP contribution in [-0.4, -0.2) is 63.1 Å². The summed E-state index contributed by atoms with van der Waals surface area (Å²) < 4.78 is 19.2. The van der Waals surface area contributed by atoms with Crippen LogP contribution in [0.1, 0.15) is 51.5 Å². The number of hydrogen-bond acceptors (Lipinski definition) is 7. The second-order valence-corrected chi connectivity index (χ2v) is 10.9. The van der Waals surface area contributed by atoms with E-state index in [0.29, 0.717) is 30.8 Å². The van der Waals surface area contributed by atoms with Gasteiger partial charge in [0.05, 0.1) is 25.1 Å². The number of benzene rings is 2. The third-order valence-electron chi connectivity index (χ3n) is 8.30. The molecule has 1 fully saturated rings. The van der Waals surface area contributed by atoms with Crippen LogP contribution in [0.2, 0.25) is 0 Å². The Kier molecular flexibility index (Phi) is 7.95. The molecule has 1 N–H and O–H groups in total. The molecule has 2 aliphatic heterocycles. The second kappa shape index (κ2) is 12.0.